The van der Waals surface area contributed by atoms with Crippen molar-refractivity contribution >= 4 is 34.2 Å². The van der Waals surface area contributed by atoms with Gasteiger partial charge in [0.1, 0.15) is 5.82 Å². The van der Waals surface area contributed by atoms with E-state index in [0.29, 0.717) is 33.5 Å². The smallest absolute Gasteiger partial charge is 0.354 e. The van der Waals surface area contributed by atoms with Gasteiger partial charge in [-0.05, 0) is 72.8 Å². The summed E-state index contributed by atoms with van der Waals surface area (Å²) < 4.78 is 39.0. The lowest BCUT2D eigenvalue weighted by atomic mass is 10.0. The normalized spacial score (nSPS) is 13.6. The number of aromatic nitrogens is 3. The van der Waals surface area contributed by atoms with E-state index in [1.165, 1.54) is 24.3 Å². The molecule has 1 fully saturated rings. The summed E-state index contributed by atoms with van der Waals surface area (Å²) in [5, 5.41) is 5.89. The summed E-state index contributed by atoms with van der Waals surface area (Å²) in [4.78, 5) is 41.8. The van der Waals surface area contributed by atoms with Gasteiger partial charge in [0.25, 0.3) is 5.91 Å². The highest BCUT2D eigenvalue weighted by atomic mass is 19.4. The van der Waals surface area contributed by atoms with Crippen LogP contribution in [0.1, 0.15) is 31.8 Å². The summed E-state index contributed by atoms with van der Waals surface area (Å²) in [6.45, 7) is 3.64. The highest BCUT2D eigenvalue weighted by molar-refractivity contribution is 6.11. The number of fused-ring (bicyclic) bond motifs is 1. The summed E-state index contributed by atoms with van der Waals surface area (Å²) in [6.07, 6.45) is -1.10. The van der Waals surface area contributed by atoms with E-state index in [2.05, 4.69) is 25.5 Å². The second-order valence-corrected chi connectivity index (χ2v) is 10.0. The standard InChI is InChI=1S/C32H25F3N6O2/c33-32(34,35)24-3-1-2-22(16-24)31(43)39-25-8-4-20(5-9-25)30(42)21-6-10-26-27(17-21)40-28(19-37-26)23-7-11-29(38-18-23)41-14-12-36-13-15-41/h1-11,16-19,36H,12-15H2,(H,39,43). The fraction of sp³-hybridized carbons (Fsp3) is 0.156. The summed E-state index contributed by atoms with van der Waals surface area (Å²) in [5.41, 5.74) is 2.72. The number of carbonyl (C=O) groups excluding carboxylic acids is 2. The number of nitrogens with one attached hydrogen (secondary N) is 2. The lowest BCUT2D eigenvalue weighted by Gasteiger charge is -2.28. The van der Waals surface area contributed by atoms with Gasteiger partial charge in [-0.1, -0.05) is 6.07 Å². The topological polar surface area (TPSA) is 100 Å². The molecule has 3 heterocycles. The molecule has 0 unspecified atom stereocenters. The molecule has 3 aromatic carbocycles. The predicted molar refractivity (Wildman–Crippen MR) is 157 cm³/mol. The first kappa shape index (κ1) is 28.0. The van der Waals surface area contributed by atoms with Crippen LogP contribution in [0.2, 0.25) is 0 Å². The van der Waals surface area contributed by atoms with E-state index < -0.39 is 17.6 Å². The van der Waals surface area contributed by atoms with Gasteiger partial charge in [-0.3, -0.25) is 14.6 Å². The van der Waals surface area contributed by atoms with Crippen LogP contribution in [0.15, 0.2) is 91.3 Å². The SMILES string of the molecule is O=C(Nc1ccc(C(=O)c2ccc3ncc(-c4ccc(N5CCNCC5)nc4)nc3c2)cc1)c1cccc(C(F)(F)F)c1. The van der Waals surface area contributed by atoms with E-state index in [9.17, 15) is 22.8 Å². The third kappa shape index (κ3) is 6.21. The fourth-order valence-electron chi connectivity index (χ4n) is 4.82. The predicted octanol–water partition coefficient (Wildman–Crippen LogP) is 5.60. The van der Waals surface area contributed by atoms with Gasteiger partial charge in [-0.2, -0.15) is 13.2 Å². The van der Waals surface area contributed by atoms with E-state index >= 15 is 0 Å². The molecule has 6 rings (SSSR count). The van der Waals surface area contributed by atoms with Crippen LogP contribution in [0.3, 0.4) is 0 Å². The number of alkyl halides is 3. The van der Waals surface area contributed by atoms with Crippen molar-refractivity contribution in [1.29, 1.82) is 0 Å². The number of anilines is 2. The number of hydrogen-bond acceptors (Lipinski definition) is 7. The van der Waals surface area contributed by atoms with Gasteiger partial charge in [-0.15, -0.1) is 0 Å². The molecule has 0 saturated carbocycles. The van der Waals surface area contributed by atoms with Gasteiger partial charge < -0.3 is 15.5 Å². The van der Waals surface area contributed by atoms with E-state index in [4.69, 9.17) is 4.98 Å². The highest BCUT2D eigenvalue weighted by Crippen LogP contribution is 2.30. The van der Waals surface area contributed by atoms with Crippen molar-refractivity contribution in [3.63, 3.8) is 0 Å². The molecule has 0 aliphatic carbocycles. The second-order valence-electron chi connectivity index (χ2n) is 10.0. The van der Waals surface area contributed by atoms with Gasteiger partial charge in [0.05, 0.1) is 28.5 Å². The van der Waals surface area contributed by atoms with Crippen LogP contribution in [-0.2, 0) is 6.18 Å². The van der Waals surface area contributed by atoms with Gasteiger partial charge in [0.2, 0.25) is 0 Å². The molecule has 0 atom stereocenters. The van der Waals surface area contributed by atoms with Crippen molar-refractivity contribution in [2.24, 2.45) is 0 Å². The van der Waals surface area contributed by atoms with Gasteiger partial charge in [-0.25, -0.2) is 9.97 Å². The number of nitrogens with zero attached hydrogens (tertiary/aromatic N) is 4. The summed E-state index contributed by atoms with van der Waals surface area (Å²) >= 11 is 0. The van der Waals surface area contributed by atoms with Crippen LogP contribution in [0.25, 0.3) is 22.3 Å². The zero-order valence-electron chi connectivity index (χ0n) is 22.7. The number of rotatable bonds is 6. The molecule has 1 aliphatic rings. The maximum atomic E-state index is 13.3. The third-order valence-corrected chi connectivity index (χ3v) is 7.15. The summed E-state index contributed by atoms with van der Waals surface area (Å²) in [6, 6.07) is 19.3. The second kappa shape index (κ2) is 11.6. The zero-order valence-corrected chi connectivity index (χ0v) is 22.7. The largest absolute Gasteiger partial charge is 0.416 e. The van der Waals surface area contributed by atoms with E-state index in [1.54, 1.807) is 42.7 Å². The maximum Gasteiger partial charge on any atom is 0.416 e. The number of piperazine rings is 1. The van der Waals surface area contributed by atoms with Crippen molar-refractivity contribution < 1.29 is 22.8 Å². The fourth-order valence-corrected chi connectivity index (χ4v) is 4.82. The van der Waals surface area contributed by atoms with Gasteiger partial charge in [0, 0.05) is 60.3 Å². The Morgan fingerprint density at radius 3 is 2.28 bits per heavy atom. The van der Waals surface area contributed by atoms with Crippen molar-refractivity contribution in [2.75, 3.05) is 36.4 Å². The number of carbonyl (C=O) groups is 2. The Morgan fingerprint density at radius 1 is 0.791 bits per heavy atom. The van der Waals surface area contributed by atoms with E-state index in [0.717, 1.165) is 49.7 Å². The number of halogens is 3. The lowest BCUT2D eigenvalue weighted by Crippen LogP contribution is -2.43. The molecule has 0 bridgehead atoms. The van der Waals surface area contributed by atoms with Crippen molar-refractivity contribution in [2.45, 2.75) is 6.18 Å². The summed E-state index contributed by atoms with van der Waals surface area (Å²) in [7, 11) is 0. The minimum atomic E-state index is -4.55. The molecule has 2 aromatic heterocycles. The third-order valence-electron chi connectivity index (χ3n) is 7.15. The molecule has 216 valence electrons. The molecule has 43 heavy (non-hydrogen) atoms. The Bertz CT molecular complexity index is 1800. The van der Waals surface area contributed by atoms with Crippen LogP contribution in [0.5, 0.6) is 0 Å². The first-order valence-corrected chi connectivity index (χ1v) is 13.6. The van der Waals surface area contributed by atoms with Crippen molar-refractivity contribution in [3.05, 3.63) is 114 Å². The Morgan fingerprint density at radius 2 is 1.56 bits per heavy atom. The van der Waals surface area contributed by atoms with Crippen LogP contribution >= 0.6 is 0 Å². The van der Waals surface area contributed by atoms with Crippen LogP contribution in [0.4, 0.5) is 24.7 Å². The minimum Gasteiger partial charge on any atom is -0.354 e. The number of amides is 1. The maximum absolute atomic E-state index is 13.3. The van der Waals surface area contributed by atoms with Crippen LogP contribution in [-0.4, -0.2) is 52.8 Å². The van der Waals surface area contributed by atoms with E-state index in [-0.39, 0.29) is 11.3 Å². The molecule has 2 N–H and O–H groups in total. The molecule has 1 saturated heterocycles. The Kier molecular flexibility index (Phi) is 7.56. The molecular weight excluding hydrogens is 557 g/mol. The first-order valence-electron chi connectivity index (χ1n) is 13.6. The van der Waals surface area contributed by atoms with E-state index in [1.807, 2.05) is 12.1 Å². The molecule has 1 aliphatic heterocycles. The van der Waals surface area contributed by atoms with Crippen LogP contribution in [0, 0.1) is 0 Å². The summed E-state index contributed by atoms with van der Waals surface area (Å²) in [5.74, 6) is -0.0391. The average Bonchev–Trinajstić information content (AvgIpc) is 3.04. The average molecular weight is 583 g/mol. The molecule has 11 heteroatoms. The first-order chi connectivity index (χ1) is 20.7. The van der Waals surface area contributed by atoms with Gasteiger partial charge >= 0.3 is 6.18 Å². The highest BCUT2D eigenvalue weighted by Gasteiger charge is 2.31. The zero-order chi connectivity index (χ0) is 30.0. The van der Waals surface area contributed by atoms with Gasteiger partial charge in [0.15, 0.2) is 5.78 Å². The molecule has 0 spiro atoms. The number of ketones is 1. The van der Waals surface area contributed by atoms with Crippen molar-refractivity contribution in [1.82, 2.24) is 20.3 Å². The molecule has 0 radical (unpaired) electrons. The Balaban J connectivity index is 1.16. The van der Waals surface area contributed by atoms with Crippen molar-refractivity contribution in [3.8, 4) is 11.3 Å². The number of benzene rings is 3. The molecule has 1 amide bonds. The molecular formula is C32H25F3N6O2. The minimum absolute atomic E-state index is 0.127. The Labute approximate surface area is 244 Å². The Hall–Kier alpha value is -5.16. The number of pyridine rings is 1. The lowest BCUT2D eigenvalue weighted by molar-refractivity contribution is -0.137. The monoisotopic (exact) mass is 582 g/mol. The number of hydrogen-bond donors (Lipinski definition) is 2. The quantitative estimate of drug-likeness (QED) is 0.251. The molecule has 5 aromatic rings. The van der Waals surface area contributed by atoms with Crippen LogP contribution < -0.4 is 15.5 Å². The molecule has 8 nitrogen and oxygen atoms in total.